The van der Waals surface area contributed by atoms with E-state index in [1.165, 1.54) is 17.4 Å². The third kappa shape index (κ3) is 3.57. The van der Waals surface area contributed by atoms with Crippen molar-refractivity contribution in [2.45, 2.75) is 12.5 Å². The molecule has 0 spiro atoms. The van der Waals surface area contributed by atoms with Gasteiger partial charge in [0, 0.05) is 12.1 Å². The SMILES string of the molecule is O=C(O[C@@H]1CCOC1=O)c1cccc(NC(=O)c2cccs2)c1. The number of cyclic esters (lactones) is 1. The molecule has 1 aromatic carbocycles. The highest BCUT2D eigenvalue weighted by Gasteiger charge is 2.30. The minimum Gasteiger partial charge on any atom is -0.463 e. The molecule has 1 saturated heterocycles. The Morgan fingerprint density at radius 3 is 2.83 bits per heavy atom. The van der Waals surface area contributed by atoms with Crippen molar-refractivity contribution < 1.29 is 23.9 Å². The zero-order chi connectivity index (χ0) is 16.2. The van der Waals surface area contributed by atoms with E-state index in [1.54, 1.807) is 30.3 Å². The van der Waals surface area contributed by atoms with E-state index >= 15 is 0 Å². The summed E-state index contributed by atoms with van der Waals surface area (Å²) in [6, 6.07) is 9.87. The molecular weight excluding hydrogens is 318 g/mol. The average Bonchev–Trinajstić information content (AvgIpc) is 3.20. The number of benzene rings is 1. The maximum Gasteiger partial charge on any atom is 0.347 e. The standard InChI is InChI=1S/C16H13NO5S/c18-14(13-5-2-8-23-13)17-11-4-1-3-10(9-11)15(19)22-12-6-7-21-16(12)20/h1-5,8-9,12H,6-7H2,(H,17,18)/t12-/m1/s1. The van der Waals surface area contributed by atoms with Crippen molar-refractivity contribution in [3.05, 3.63) is 52.2 Å². The summed E-state index contributed by atoms with van der Waals surface area (Å²) in [7, 11) is 0. The van der Waals surface area contributed by atoms with E-state index in [9.17, 15) is 14.4 Å². The molecule has 1 fully saturated rings. The van der Waals surface area contributed by atoms with E-state index in [-0.39, 0.29) is 18.1 Å². The Kier molecular flexibility index (Phi) is 4.38. The van der Waals surface area contributed by atoms with Crippen LogP contribution in [0.1, 0.15) is 26.5 Å². The van der Waals surface area contributed by atoms with E-state index in [1.807, 2.05) is 5.38 Å². The Bertz CT molecular complexity index is 741. The molecule has 1 aliphatic heterocycles. The first-order chi connectivity index (χ1) is 11.1. The Hall–Kier alpha value is -2.67. The summed E-state index contributed by atoms with van der Waals surface area (Å²) in [5.74, 6) is -1.40. The summed E-state index contributed by atoms with van der Waals surface area (Å²) in [6.07, 6.45) is -0.494. The number of ether oxygens (including phenoxy) is 2. The van der Waals surface area contributed by atoms with Crippen LogP contribution in [0.5, 0.6) is 0 Å². The second-order valence-corrected chi connectivity index (χ2v) is 5.81. The highest BCUT2D eigenvalue weighted by atomic mass is 32.1. The maximum atomic E-state index is 12.1. The molecule has 6 nitrogen and oxygen atoms in total. The fourth-order valence-corrected chi connectivity index (χ4v) is 2.72. The lowest BCUT2D eigenvalue weighted by atomic mass is 10.2. The highest BCUT2D eigenvalue weighted by Crippen LogP contribution is 2.17. The lowest BCUT2D eigenvalue weighted by Crippen LogP contribution is -2.22. The Morgan fingerprint density at radius 2 is 2.13 bits per heavy atom. The normalized spacial score (nSPS) is 16.7. The number of carbonyl (C=O) groups excluding carboxylic acids is 3. The predicted molar refractivity (Wildman–Crippen MR) is 83.5 cm³/mol. The molecule has 2 aromatic rings. The van der Waals surface area contributed by atoms with Gasteiger partial charge in [-0.3, -0.25) is 4.79 Å². The molecule has 3 rings (SSSR count). The fraction of sp³-hybridized carbons (Fsp3) is 0.188. The van der Waals surface area contributed by atoms with Gasteiger partial charge in [-0.2, -0.15) is 0 Å². The van der Waals surface area contributed by atoms with Crippen molar-refractivity contribution in [2.75, 3.05) is 11.9 Å². The summed E-state index contributed by atoms with van der Waals surface area (Å²) in [4.78, 5) is 36.0. The minimum absolute atomic E-state index is 0.245. The first-order valence-electron chi connectivity index (χ1n) is 6.96. The molecule has 1 atom stereocenters. The van der Waals surface area contributed by atoms with Crippen LogP contribution >= 0.6 is 11.3 Å². The van der Waals surface area contributed by atoms with Gasteiger partial charge in [0.1, 0.15) is 0 Å². The Morgan fingerprint density at radius 1 is 1.26 bits per heavy atom. The second kappa shape index (κ2) is 6.62. The summed E-state index contributed by atoms with van der Waals surface area (Å²) in [6.45, 7) is 0.258. The van der Waals surface area contributed by atoms with Crippen LogP contribution < -0.4 is 5.32 Å². The number of anilines is 1. The zero-order valence-corrected chi connectivity index (χ0v) is 12.8. The van der Waals surface area contributed by atoms with Crippen molar-refractivity contribution in [3.8, 4) is 0 Å². The Balaban J connectivity index is 1.68. The molecule has 118 valence electrons. The number of thiophene rings is 1. The van der Waals surface area contributed by atoms with Gasteiger partial charge in [0.05, 0.1) is 17.0 Å². The quantitative estimate of drug-likeness (QED) is 0.871. The molecule has 0 saturated carbocycles. The smallest absolute Gasteiger partial charge is 0.347 e. The molecule has 0 aliphatic carbocycles. The van der Waals surface area contributed by atoms with E-state index in [2.05, 4.69) is 5.32 Å². The number of carbonyl (C=O) groups is 3. The third-order valence-corrected chi connectivity index (χ3v) is 4.11. The van der Waals surface area contributed by atoms with E-state index in [0.29, 0.717) is 17.0 Å². The molecule has 0 unspecified atom stereocenters. The van der Waals surface area contributed by atoms with Crippen LogP contribution in [-0.4, -0.2) is 30.6 Å². The molecule has 1 aliphatic rings. The molecular formula is C16H13NO5S. The number of hydrogen-bond donors (Lipinski definition) is 1. The van der Waals surface area contributed by atoms with Crippen molar-refractivity contribution in [1.29, 1.82) is 0 Å². The van der Waals surface area contributed by atoms with Gasteiger partial charge in [0.2, 0.25) is 6.10 Å². The molecule has 1 N–H and O–H groups in total. The second-order valence-electron chi connectivity index (χ2n) is 4.86. The van der Waals surface area contributed by atoms with Gasteiger partial charge in [0.15, 0.2) is 0 Å². The number of hydrogen-bond acceptors (Lipinski definition) is 6. The van der Waals surface area contributed by atoms with Crippen LogP contribution in [0.25, 0.3) is 0 Å². The molecule has 7 heteroatoms. The molecule has 1 aromatic heterocycles. The summed E-state index contributed by atoms with van der Waals surface area (Å²) in [5, 5.41) is 4.52. The summed E-state index contributed by atoms with van der Waals surface area (Å²) < 4.78 is 9.87. The van der Waals surface area contributed by atoms with Gasteiger partial charge < -0.3 is 14.8 Å². The fourth-order valence-electron chi connectivity index (χ4n) is 2.11. The molecule has 2 heterocycles. The average molecular weight is 331 g/mol. The highest BCUT2D eigenvalue weighted by molar-refractivity contribution is 7.12. The topological polar surface area (TPSA) is 81.7 Å². The van der Waals surface area contributed by atoms with E-state index < -0.39 is 18.0 Å². The van der Waals surface area contributed by atoms with E-state index in [0.717, 1.165) is 0 Å². The van der Waals surface area contributed by atoms with Gasteiger partial charge >= 0.3 is 11.9 Å². The number of amides is 1. The third-order valence-electron chi connectivity index (χ3n) is 3.24. The monoisotopic (exact) mass is 331 g/mol. The largest absolute Gasteiger partial charge is 0.463 e. The summed E-state index contributed by atoms with van der Waals surface area (Å²) in [5.41, 5.74) is 0.737. The van der Waals surface area contributed by atoms with Gasteiger partial charge in [-0.25, -0.2) is 9.59 Å². The molecule has 0 radical (unpaired) electrons. The van der Waals surface area contributed by atoms with Crippen LogP contribution in [0.4, 0.5) is 5.69 Å². The molecule has 1 amide bonds. The zero-order valence-electron chi connectivity index (χ0n) is 12.0. The van der Waals surface area contributed by atoms with Crippen molar-refractivity contribution >= 4 is 34.9 Å². The lowest BCUT2D eigenvalue weighted by Gasteiger charge is -2.09. The first-order valence-corrected chi connectivity index (χ1v) is 7.84. The number of nitrogens with one attached hydrogen (secondary N) is 1. The minimum atomic E-state index is -0.855. The molecule has 23 heavy (non-hydrogen) atoms. The first kappa shape index (κ1) is 15.2. The molecule has 0 bridgehead atoms. The van der Waals surface area contributed by atoms with Crippen LogP contribution in [0, 0.1) is 0 Å². The van der Waals surface area contributed by atoms with Crippen LogP contribution in [0.2, 0.25) is 0 Å². The van der Waals surface area contributed by atoms with Gasteiger partial charge in [-0.05, 0) is 29.6 Å². The number of esters is 2. The summed E-state index contributed by atoms with van der Waals surface area (Å²) >= 11 is 1.33. The van der Waals surface area contributed by atoms with Gasteiger partial charge in [0.25, 0.3) is 5.91 Å². The van der Waals surface area contributed by atoms with Gasteiger partial charge in [-0.1, -0.05) is 12.1 Å². The van der Waals surface area contributed by atoms with Crippen molar-refractivity contribution in [2.24, 2.45) is 0 Å². The van der Waals surface area contributed by atoms with Gasteiger partial charge in [-0.15, -0.1) is 11.3 Å². The van der Waals surface area contributed by atoms with Crippen LogP contribution in [-0.2, 0) is 14.3 Å². The van der Waals surface area contributed by atoms with E-state index in [4.69, 9.17) is 9.47 Å². The van der Waals surface area contributed by atoms with Crippen LogP contribution in [0.15, 0.2) is 41.8 Å². The lowest BCUT2D eigenvalue weighted by molar-refractivity contribution is -0.145. The van der Waals surface area contributed by atoms with Crippen LogP contribution in [0.3, 0.4) is 0 Å². The number of rotatable bonds is 4. The van der Waals surface area contributed by atoms with Crippen molar-refractivity contribution in [1.82, 2.24) is 0 Å². The predicted octanol–water partition coefficient (Wildman–Crippen LogP) is 2.47. The van der Waals surface area contributed by atoms with Crippen molar-refractivity contribution in [3.63, 3.8) is 0 Å². The Labute approximate surface area is 136 Å². The maximum absolute atomic E-state index is 12.1.